The number of hydrogen-bond acceptors (Lipinski definition) is 8. The first kappa shape index (κ1) is 23.4. The Morgan fingerprint density at radius 1 is 1.03 bits per heavy atom. The summed E-state index contributed by atoms with van der Waals surface area (Å²) in [5, 5.41) is 0. The van der Waals surface area contributed by atoms with Gasteiger partial charge in [-0.05, 0) is 44.5 Å². The summed E-state index contributed by atoms with van der Waals surface area (Å²) in [6, 6.07) is 7.98. The Morgan fingerprint density at radius 3 is 2.38 bits per heavy atom. The highest BCUT2D eigenvalue weighted by atomic mass is 32.2. The number of aryl methyl sites for hydroxylation is 1. The molecule has 1 saturated heterocycles. The first-order valence-corrected chi connectivity index (χ1v) is 12.3. The van der Waals surface area contributed by atoms with Crippen molar-refractivity contribution in [2.75, 3.05) is 17.0 Å². The summed E-state index contributed by atoms with van der Waals surface area (Å²) >= 11 is 0. The molecule has 12 heteroatoms. The van der Waals surface area contributed by atoms with E-state index in [-0.39, 0.29) is 37.0 Å². The van der Waals surface area contributed by atoms with Gasteiger partial charge in [0.2, 0.25) is 27.7 Å². The van der Waals surface area contributed by atoms with E-state index in [4.69, 9.17) is 4.74 Å². The summed E-state index contributed by atoms with van der Waals surface area (Å²) in [5.74, 6) is 0.339. The molecule has 1 N–H and O–H groups in total. The van der Waals surface area contributed by atoms with E-state index in [1.807, 2.05) is 18.4 Å². The molecule has 3 aromatic rings. The number of hydrogen-bond donors (Lipinski definition) is 1. The minimum absolute atomic E-state index is 0.167. The number of nitrogens with zero attached hydrogens (tertiary/aromatic N) is 5. The number of likely N-dealkylation sites (tertiary alicyclic amines) is 1. The van der Waals surface area contributed by atoms with E-state index in [0.717, 1.165) is 16.3 Å². The van der Waals surface area contributed by atoms with Crippen LogP contribution in [0.15, 0.2) is 43.0 Å². The van der Waals surface area contributed by atoms with E-state index in [2.05, 4.69) is 19.7 Å². The average Bonchev–Trinajstić information content (AvgIpc) is 3.13. The van der Waals surface area contributed by atoms with Crippen molar-refractivity contribution in [3.05, 3.63) is 54.4 Å². The monoisotopic (exact) mass is 484 g/mol. The molecule has 11 nitrogen and oxygen atoms in total. The predicted molar refractivity (Wildman–Crippen MR) is 123 cm³/mol. The van der Waals surface area contributed by atoms with Crippen molar-refractivity contribution in [3.8, 4) is 17.4 Å². The van der Waals surface area contributed by atoms with E-state index in [1.54, 1.807) is 36.7 Å². The molecule has 3 heterocycles. The van der Waals surface area contributed by atoms with Crippen LogP contribution >= 0.6 is 0 Å². The second-order valence-electron chi connectivity index (χ2n) is 7.84. The molecule has 0 unspecified atom stereocenters. The lowest BCUT2D eigenvalue weighted by Gasteiger charge is -2.24. The van der Waals surface area contributed by atoms with Crippen LogP contribution < -0.4 is 9.46 Å². The lowest BCUT2D eigenvalue weighted by atomic mass is 10.1. The van der Waals surface area contributed by atoms with Crippen LogP contribution in [-0.2, 0) is 19.6 Å². The molecule has 1 aromatic carbocycles. The van der Waals surface area contributed by atoms with Crippen LogP contribution in [0.5, 0.6) is 11.6 Å². The Morgan fingerprint density at radius 2 is 1.74 bits per heavy atom. The Hall–Kier alpha value is -3.80. The van der Waals surface area contributed by atoms with Crippen LogP contribution in [-0.4, -0.2) is 56.9 Å². The molecule has 0 radical (unpaired) electrons. The van der Waals surface area contributed by atoms with Crippen molar-refractivity contribution in [3.63, 3.8) is 0 Å². The Bertz CT molecular complexity index is 1300. The van der Waals surface area contributed by atoms with Gasteiger partial charge in [0, 0.05) is 36.8 Å². The van der Waals surface area contributed by atoms with Crippen molar-refractivity contribution < 1.29 is 22.7 Å². The molecule has 2 aromatic heterocycles. The molecule has 1 aliphatic heterocycles. The fourth-order valence-electron chi connectivity index (χ4n) is 3.45. The first-order valence-electron chi connectivity index (χ1n) is 10.7. The van der Waals surface area contributed by atoms with Gasteiger partial charge in [-0.25, -0.2) is 23.4 Å². The number of benzene rings is 1. The number of imidazole rings is 1. The van der Waals surface area contributed by atoms with Crippen LogP contribution in [0.4, 0.5) is 5.69 Å². The number of aromatic nitrogens is 4. The maximum absolute atomic E-state index is 12.4. The quantitative estimate of drug-likeness (QED) is 0.481. The van der Waals surface area contributed by atoms with Gasteiger partial charge in [-0.2, -0.15) is 0 Å². The molecule has 34 heavy (non-hydrogen) atoms. The summed E-state index contributed by atoms with van der Waals surface area (Å²) in [6.45, 7) is 3.68. The fraction of sp³-hybridized carbons (Fsp3) is 0.318. The summed E-state index contributed by atoms with van der Waals surface area (Å²) < 4.78 is 34.9. The van der Waals surface area contributed by atoms with Crippen LogP contribution in [0.1, 0.15) is 30.7 Å². The number of imide groups is 1. The summed E-state index contributed by atoms with van der Waals surface area (Å²) in [5.41, 5.74) is 2.18. The molecule has 0 atom stereocenters. The molecule has 4 rings (SSSR count). The minimum Gasteiger partial charge on any atom is -0.439 e. The van der Waals surface area contributed by atoms with Crippen LogP contribution in [0, 0.1) is 13.8 Å². The number of anilines is 1. The summed E-state index contributed by atoms with van der Waals surface area (Å²) in [7, 11) is -3.76. The third-order valence-electron chi connectivity index (χ3n) is 5.44. The second kappa shape index (κ2) is 9.59. The van der Waals surface area contributed by atoms with E-state index in [1.165, 1.54) is 6.33 Å². The number of carbonyl (C=O) groups is 2. The molecule has 1 aliphatic rings. The van der Waals surface area contributed by atoms with Gasteiger partial charge in [-0.1, -0.05) is 0 Å². The second-order valence-corrected chi connectivity index (χ2v) is 9.68. The van der Waals surface area contributed by atoms with E-state index < -0.39 is 10.0 Å². The van der Waals surface area contributed by atoms with Crippen molar-refractivity contribution in [2.24, 2.45) is 0 Å². The molecule has 0 spiro atoms. The zero-order valence-electron chi connectivity index (χ0n) is 18.8. The highest BCUT2D eigenvalue weighted by Gasteiger charge is 2.27. The van der Waals surface area contributed by atoms with Crippen molar-refractivity contribution in [1.29, 1.82) is 0 Å². The van der Waals surface area contributed by atoms with Crippen molar-refractivity contribution in [2.45, 2.75) is 33.1 Å². The topological polar surface area (TPSA) is 136 Å². The number of nitrogens with one attached hydrogen (secondary N) is 1. The largest absolute Gasteiger partial charge is 0.439 e. The first-order chi connectivity index (χ1) is 16.2. The van der Waals surface area contributed by atoms with Gasteiger partial charge in [0.15, 0.2) is 0 Å². The van der Waals surface area contributed by atoms with Gasteiger partial charge in [-0.15, -0.1) is 0 Å². The lowest BCUT2D eigenvalue weighted by molar-refractivity contribution is -0.147. The van der Waals surface area contributed by atoms with Crippen molar-refractivity contribution in [1.82, 2.24) is 24.4 Å². The normalized spacial score (nSPS) is 14.4. The van der Waals surface area contributed by atoms with Crippen LogP contribution in [0.2, 0.25) is 0 Å². The number of amides is 2. The smallest absolute Gasteiger partial charge is 0.234 e. The zero-order valence-corrected chi connectivity index (χ0v) is 19.6. The highest BCUT2D eigenvalue weighted by Crippen LogP contribution is 2.23. The van der Waals surface area contributed by atoms with E-state index >= 15 is 0 Å². The van der Waals surface area contributed by atoms with Crippen LogP contribution in [0.3, 0.4) is 0 Å². The number of ether oxygens (including phenoxy) is 1. The van der Waals surface area contributed by atoms with Gasteiger partial charge < -0.3 is 4.74 Å². The maximum Gasteiger partial charge on any atom is 0.234 e. The Labute approximate surface area is 196 Å². The fourth-order valence-corrected chi connectivity index (χ4v) is 4.47. The molecule has 0 bridgehead atoms. The third kappa shape index (κ3) is 5.39. The average molecular weight is 485 g/mol. The Kier molecular flexibility index (Phi) is 6.59. The number of sulfonamides is 1. The number of rotatable bonds is 8. The summed E-state index contributed by atoms with van der Waals surface area (Å²) in [4.78, 5) is 37.3. The van der Waals surface area contributed by atoms with E-state index in [9.17, 15) is 18.0 Å². The standard InChI is InChI=1S/C22H24N6O5S/c1-15-16(2)28(14-25-15)19-12-20(24-13-23-19)33-18-8-6-17(7-9-18)26-34(31,32)11-10-27-21(29)4-3-5-22(27)30/h6-9,12-14,26H,3-5,10-11H2,1-2H3. The predicted octanol–water partition coefficient (Wildman–Crippen LogP) is 2.35. The van der Waals surface area contributed by atoms with Crippen LogP contribution in [0.25, 0.3) is 5.82 Å². The zero-order chi connectivity index (χ0) is 24.3. The van der Waals surface area contributed by atoms with Crippen molar-refractivity contribution >= 4 is 27.5 Å². The van der Waals surface area contributed by atoms with Gasteiger partial charge in [0.1, 0.15) is 24.2 Å². The molecular formula is C22H24N6O5S. The third-order valence-corrected chi connectivity index (χ3v) is 6.71. The highest BCUT2D eigenvalue weighted by molar-refractivity contribution is 7.92. The maximum atomic E-state index is 12.4. The van der Waals surface area contributed by atoms with E-state index in [0.29, 0.717) is 29.6 Å². The molecule has 0 aliphatic carbocycles. The Balaban J connectivity index is 1.38. The summed E-state index contributed by atoms with van der Waals surface area (Å²) in [6.07, 6.45) is 4.09. The van der Waals surface area contributed by atoms with Gasteiger partial charge >= 0.3 is 0 Å². The lowest BCUT2D eigenvalue weighted by Crippen LogP contribution is -2.43. The molecule has 178 valence electrons. The number of piperidine rings is 1. The van der Waals surface area contributed by atoms with Gasteiger partial charge in [-0.3, -0.25) is 23.8 Å². The SMILES string of the molecule is Cc1ncn(-c2cc(Oc3ccc(NS(=O)(=O)CCN4C(=O)CCCC4=O)cc3)ncn2)c1C. The molecule has 2 amide bonds. The molecule has 0 saturated carbocycles. The minimum atomic E-state index is -3.76. The van der Waals surface area contributed by atoms with Gasteiger partial charge in [0.25, 0.3) is 0 Å². The molecule has 1 fully saturated rings. The number of carbonyl (C=O) groups excluding carboxylic acids is 2. The molecular weight excluding hydrogens is 460 g/mol. The van der Waals surface area contributed by atoms with Gasteiger partial charge in [0.05, 0.1) is 11.4 Å².